The zero-order chi connectivity index (χ0) is 6.85. The predicted molar refractivity (Wildman–Crippen MR) is 33.9 cm³/mol. The van der Waals surface area contributed by atoms with Crippen molar-refractivity contribution in [1.29, 1.82) is 0 Å². The van der Waals surface area contributed by atoms with E-state index in [1.165, 1.54) is 0 Å². The third-order valence-electron chi connectivity index (χ3n) is 1.67. The number of esters is 1. The summed E-state index contributed by atoms with van der Waals surface area (Å²) in [5, 5.41) is 0. The van der Waals surface area contributed by atoms with E-state index < -0.39 is 0 Å². The van der Waals surface area contributed by atoms with E-state index in [4.69, 9.17) is 4.74 Å². The van der Waals surface area contributed by atoms with Gasteiger partial charge in [-0.15, -0.1) is 0 Å². The first kappa shape index (κ1) is 6.59. The summed E-state index contributed by atoms with van der Waals surface area (Å²) in [6.07, 6.45) is 0.985. The lowest BCUT2D eigenvalue weighted by molar-refractivity contribution is -0.154. The maximum atomic E-state index is 10.7. The Balaban J connectivity index is 2.44. The highest BCUT2D eigenvalue weighted by molar-refractivity contribution is 5.72. The van der Waals surface area contributed by atoms with E-state index in [0.29, 0.717) is 12.5 Å². The number of carbonyl (C=O) groups excluding carboxylic acids is 1. The molecule has 1 aliphatic heterocycles. The molecule has 0 aliphatic carbocycles. The first-order valence-electron chi connectivity index (χ1n) is 3.37. The zero-order valence-corrected chi connectivity index (χ0v) is 5.89. The lowest BCUT2D eigenvalue weighted by Gasteiger charge is -2.22. The fourth-order valence-corrected chi connectivity index (χ4v) is 1.13. The average Bonchev–Trinajstić information content (AvgIpc) is 1.80. The Labute approximate surface area is 55.2 Å². The van der Waals surface area contributed by atoms with Gasteiger partial charge in [0.15, 0.2) is 0 Å². The summed E-state index contributed by atoms with van der Waals surface area (Å²) in [4.78, 5) is 10.7. The second-order valence-corrected chi connectivity index (χ2v) is 2.87. The lowest BCUT2D eigenvalue weighted by Crippen LogP contribution is -2.26. The van der Waals surface area contributed by atoms with Crippen LogP contribution in [-0.4, -0.2) is 12.6 Å². The molecule has 2 heteroatoms. The molecule has 0 N–H and O–H groups in total. The summed E-state index contributed by atoms with van der Waals surface area (Å²) in [5.74, 6) is 0.638. The van der Waals surface area contributed by atoms with Crippen LogP contribution in [-0.2, 0) is 9.53 Å². The minimum atomic E-state index is -0.0342. The van der Waals surface area contributed by atoms with Crippen LogP contribution in [0, 0.1) is 11.8 Å². The first-order valence-corrected chi connectivity index (χ1v) is 3.37. The summed E-state index contributed by atoms with van der Waals surface area (Å²) in [5.41, 5.74) is 0. The molecule has 0 aromatic carbocycles. The minimum absolute atomic E-state index is 0.0342. The molecule has 0 bridgehead atoms. The van der Waals surface area contributed by atoms with Crippen molar-refractivity contribution in [2.24, 2.45) is 11.8 Å². The van der Waals surface area contributed by atoms with Crippen molar-refractivity contribution in [1.82, 2.24) is 0 Å². The number of rotatable bonds is 0. The van der Waals surface area contributed by atoms with Crippen LogP contribution in [0.4, 0.5) is 0 Å². The molecule has 1 heterocycles. The van der Waals surface area contributed by atoms with Gasteiger partial charge in [-0.2, -0.15) is 0 Å². The number of cyclic esters (lactones) is 1. The van der Waals surface area contributed by atoms with Crippen LogP contribution in [0.25, 0.3) is 0 Å². The van der Waals surface area contributed by atoms with Gasteiger partial charge in [0.25, 0.3) is 0 Å². The molecule has 2 atom stereocenters. The molecule has 1 aliphatic rings. The third kappa shape index (κ3) is 1.44. The molecule has 0 radical (unpaired) electrons. The van der Waals surface area contributed by atoms with Crippen LogP contribution < -0.4 is 0 Å². The maximum absolute atomic E-state index is 10.7. The smallest absolute Gasteiger partial charge is 0.308 e. The van der Waals surface area contributed by atoms with Crippen molar-refractivity contribution in [2.75, 3.05) is 6.61 Å². The standard InChI is InChI=1S/C7H12O2/c1-5-3-6(2)7(8)9-4-5/h5-6H,3-4H2,1-2H3/t5-,6?/m1/s1. The Morgan fingerprint density at radius 3 is 2.67 bits per heavy atom. The lowest BCUT2D eigenvalue weighted by atomic mass is 9.96. The molecule has 0 aromatic rings. The molecular formula is C7H12O2. The van der Waals surface area contributed by atoms with Crippen LogP contribution in [0.5, 0.6) is 0 Å². The van der Waals surface area contributed by atoms with Gasteiger partial charge in [0.05, 0.1) is 12.5 Å². The summed E-state index contributed by atoms with van der Waals surface area (Å²) in [6.45, 7) is 4.63. The Kier molecular flexibility index (Phi) is 1.74. The fourth-order valence-electron chi connectivity index (χ4n) is 1.13. The normalized spacial score (nSPS) is 36.0. The van der Waals surface area contributed by atoms with E-state index in [2.05, 4.69) is 6.92 Å². The second kappa shape index (κ2) is 2.38. The molecule has 1 rings (SSSR count). The highest BCUT2D eigenvalue weighted by Gasteiger charge is 2.23. The van der Waals surface area contributed by atoms with Crippen LogP contribution >= 0.6 is 0 Å². The van der Waals surface area contributed by atoms with E-state index in [-0.39, 0.29) is 11.9 Å². The van der Waals surface area contributed by atoms with E-state index in [9.17, 15) is 4.79 Å². The van der Waals surface area contributed by atoms with Crippen molar-refractivity contribution in [3.05, 3.63) is 0 Å². The van der Waals surface area contributed by atoms with Gasteiger partial charge in [0.1, 0.15) is 0 Å². The van der Waals surface area contributed by atoms with Gasteiger partial charge < -0.3 is 4.74 Å². The second-order valence-electron chi connectivity index (χ2n) is 2.87. The minimum Gasteiger partial charge on any atom is -0.465 e. The summed E-state index contributed by atoms with van der Waals surface area (Å²) < 4.78 is 4.86. The molecule has 2 nitrogen and oxygen atoms in total. The van der Waals surface area contributed by atoms with Crippen molar-refractivity contribution in [2.45, 2.75) is 20.3 Å². The predicted octanol–water partition coefficient (Wildman–Crippen LogP) is 1.21. The highest BCUT2D eigenvalue weighted by atomic mass is 16.5. The van der Waals surface area contributed by atoms with E-state index in [1.807, 2.05) is 6.92 Å². The largest absolute Gasteiger partial charge is 0.465 e. The Morgan fingerprint density at radius 1 is 1.56 bits per heavy atom. The quantitative estimate of drug-likeness (QED) is 0.458. The van der Waals surface area contributed by atoms with Crippen molar-refractivity contribution in [3.8, 4) is 0 Å². The summed E-state index contributed by atoms with van der Waals surface area (Å²) in [7, 11) is 0. The number of ether oxygens (including phenoxy) is 1. The SMILES string of the molecule is CC1C[C@@H](C)COC1=O. The molecule has 0 aromatic heterocycles. The van der Waals surface area contributed by atoms with E-state index in [1.54, 1.807) is 0 Å². The topological polar surface area (TPSA) is 26.3 Å². The molecule has 1 unspecified atom stereocenters. The monoisotopic (exact) mass is 128 g/mol. The number of hydrogen-bond acceptors (Lipinski definition) is 2. The van der Waals surface area contributed by atoms with Crippen LogP contribution in [0.3, 0.4) is 0 Å². The van der Waals surface area contributed by atoms with Gasteiger partial charge in [0, 0.05) is 0 Å². The van der Waals surface area contributed by atoms with Gasteiger partial charge in [-0.25, -0.2) is 0 Å². The van der Waals surface area contributed by atoms with Gasteiger partial charge in [-0.1, -0.05) is 13.8 Å². The summed E-state index contributed by atoms with van der Waals surface area (Å²) >= 11 is 0. The van der Waals surface area contributed by atoms with Gasteiger partial charge in [-0.3, -0.25) is 4.79 Å². The van der Waals surface area contributed by atoms with Crippen LogP contribution in [0.15, 0.2) is 0 Å². The van der Waals surface area contributed by atoms with Crippen molar-refractivity contribution < 1.29 is 9.53 Å². The van der Waals surface area contributed by atoms with E-state index >= 15 is 0 Å². The van der Waals surface area contributed by atoms with Crippen LogP contribution in [0.2, 0.25) is 0 Å². The average molecular weight is 128 g/mol. The Morgan fingerprint density at radius 2 is 2.22 bits per heavy atom. The zero-order valence-electron chi connectivity index (χ0n) is 5.89. The molecule has 9 heavy (non-hydrogen) atoms. The Hall–Kier alpha value is -0.530. The number of carbonyl (C=O) groups is 1. The molecular weight excluding hydrogens is 116 g/mol. The molecule has 0 saturated carbocycles. The third-order valence-corrected chi connectivity index (χ3v) is 1.67. The molecule has 0 spiro atoms. The molecule has 1 saturated heterocycles. The van der Waals surface area contributed by atoms with Gasteiger partial charge in [0.2, 0.25) is 0 Å². The van der Waals surface area contributed by atoms with Crippen molar-refractivity contribution >= 4 is 5.97 Å². The first-order chi connectivity index (χ1) is 4.20. The fraction of sp³-hybridized carbons (Fsp3) is 0.857. The number of hydrogen-bond donors (Lipinski definition) is 0. The maximum Gasteiger partial charge on any atom is 0.308 e. The highest BCUT2D eigenvalue weighted by Crippen LogP contribution is 2.18. The van der Waals surface area contributed by atoms with Crippen LogP contribution in [0.1, 0.15) is 20.3 Å². The molecule has 0 amide bonds. The van der Waals surface area contributed by atoms with Crippen molar-refractivity contribution in [3.63, 3.8) is 0 Å². The van der Waals surface area contributed by atoms with Gasteiger partial charge >= 0.3 is 5.97 Å². The van der Waals surface area contributed by atoms with Gasteiger partial charge in [-0.05, 0) is 12.3 Å². The Bertz CT molecular complexity index is 120. The summed E-state index contributed by atoms with van der Waals surface area (Å²) in [6, 6.07) is 0. The molecule has 52 valence electrons. The van der Waals surface area contributed by atoms with E-state index in [0.717, 1.165) is 6.42 Å². The molecule has 1 fully saturated rings.